The Hall–Kier alpha value is -5.81. The summed E-state index contributed by atoms with van der Waals surface area (Å²) in [6.45, 7) is 0. The zero-order valence-corrected chi connectivity index (χ0v) is 24.4. The van der Waals surface area contributed by atoms with Gasteiger partial charge in [0.2, 0.25) is 5.71 Å². The van der Waals surface area contributed by atoms with Crippen LogP contribution in [-0.4, -0.2) is 16.7 Å². The number of nitrogens with one attached hydrogen (secondary N) is 1. The molecule has 214 valence electrons. The molecule has 0 amide bonds. The standard InChI is InChI=1S/C40H28N4O/c1-3-12-25(13-4-1)37-42-38(26-14-5-2-6-15-26)44-39(43-37)32-21-10-17-28-29(18-9-19-30(28)32)31-20-11-23-35-36(31)33-24-27-16-7-8-22-34(27)41-40(33)45-35/h1-14,16-24,26,39H,15H2,(H,42,43,44). The Balaban J connectivity index is 1.21. The molecule has 9 rings (SSSR count). The van der Waals surface area contributed by atoms with E-state index in [0.717, 1.165) is 78.4 Å². The van der Waals surface area contributed by atoms with Crippen molar-refractivity contribution in [3.8, 4) is 11.1 Å². The molecule has 2 atom stereocenters. The maximum absolute atomic E-state index is 6.31. The van der Waals surface area contributed by atoms with Crippen LogP contribution in [0, 0.1) is 5.92 Å². The first-order chi connectivity index (χ1) is 22.3. The smallest absolute Gasteiger partial charge is 0.227 e. The van der Waals surface area contributed by atoms with Crippen LogP contribution in [0.5, 0.6) is 0 Å². The van der Waals surface area contributed by atoms with Crippen molar-refractivity contribution in [1.82, 2.24) is 10.3 Å². The van der Waals surface area contributed by atoms with Gasteiger partial charge in [0.15, 0.2) is 0 Å². The number of aliphatic imine (C=N–C) groups is 2. The lowest BCUT2D eigenvalue weighted by atomic mass is 9.92. The molecule has 1 N–H and O–H groups in total. The number of benzene rings is 5. The van der Waals surface area contributed by atoms with Gasteiger partial charge in [-0.1, -0.05) is 121 Å². The molecule has 0 spiro atoms. The molecule has 2 aliphatic rings. The fourth-order valence-corrected chi connectivity index (χ4v) is 6.70. The predicted octanol–water partition coefficient (Wildman–Crippen LogP) is 9.53. The summed E-state index contributed by atoms with van der Waals surface area (Å²) in [5, 5.41) is 9.18. The van der Waals surface area contributed by atoms with E-state index in [1.165, 1.54) is 0 Å². The molecule has 5 aromatic carbocycles. The van der Waals surface area contributed by atoms with E-state index in [9.17, 15) is 0 Å². The van der Waals surface area contributed by atoms with Crippen LogP contribution in [0.15, 0.2) is 154 Å². The second kappa shape index (κ2) is 10.4. The fraction of sp³-hybridized carbons (Fsp3) is 0.0750. The van der Waals surface area contributed by atoms with E-state index in [4.69, 9.17) is 19.4 Å². The van der Waals surface area contributed by atoms with Crippen LogP contribution in [0.1, 0.15) is 23.7 Å². The van der Waals surface area contributed by atoms with Crippen LogP contribution >= 0.6 is 0 Å². The van der Waals surface area contributed by atoms with Gasteiger partial charge in [0.25, 0.3) is 0 Å². The minimum atomic E-state index is -0.285. The number of hydrogen-bond acceptors (Lipinski definition) is 5. The summed E-state index contributed by atoms with van der Waals surface area (Å²) in [6, 6.07) is 40.1. The van der Waals surface area contributed by atoms with Crippen LogP contribution in [0.4, 0.5) is 0 Å². The highest BCUT2D eigenvalue weighted by Crippen LogP contribution is 2.41. The van der Waals surface area contributed by atoms with Crippen LogP contribution in [0.3, 0.4) is 0 Å². The molecule has 0 fully saturated rings. The van der Waals surface area contributed by atoms with Crippen LogP contribution in [-0.2, 0) is 0 Å². The summed E-state index contributed by atoms with van der Waals surface area (Å²) in [5.41, 5.74) is 6.85. The molecular weight excluding hydrogens is 552 g/mol. The molecule has 5 heteroatoms. The average molecular weight is 581 g/mol. The zero-order chi connectivity index (χ0) is 29.7. The molecule has 3 heterocycles. The topological polar surface area (TPSA) is 62.8 Å². The van der Waals surface area contributed by atoms with Crippen molar-refractivity contribution in [1.29, 1.82) is 0 Å². The number of fused-ring (bicyclic) bond motifs is 5. The molecule has 1 aliphatic heterocycles. The predicted molar refractivity (Wildman–Crippen MR) is 185 cm³/mol. The number of hydrogen-bond donors (Lipinski definition) is 1. The fourth-order valence-electron chi connectivity index (χ4n) is 6.70. The Kier molecular flexibility index (Phi) is 5.94. The number of rotatable bonds is 4. The summed E-state index contributed by atoms with van der Waals surface area (Å²) in [7, 11) is 0. The van der Waals surface area contributed by atoms with E-state index in [0.29, 0.717) is 5.71 Å². The minimum Gasteiger partial charge on any atom is -0.438 e. The second-order valence-electron chi connectivity index (χ2n) is 11.6. The van der Waals surface area contributed by atoms with Crippen molar-refractivity contribution < 1.29 is 4.42 Å². The first kappa shape index (κ1) is 25.7. The van der Waals surface area contributed by atoms with Crippen LogP contribution in [0.25, 0.3) is 54.9 Å². The third-order valence-electron chi connectivity index (χ3n) is 8.85. The number of para-hydroxylation sites is 1. The number of aromatic nitrogens is 1. The van der Waals surface area contributed by atoms with E-state index in [2.05, 4.69) is 102 Å². The van der Waals surface area contributed by atoms with Gasteiger partial charge in [-0.2, -0.15) is 0 Å². The summed E-state index contributed by atoms with van der Waals surface area (Å²) < 4.78 is 6.31. The highest BCUT2D eigenvalue weighted by molar-refractivity contribution is 6.16. The third-order valence-corrected chi connectivity index (χ3v) is 8.85. The van der Waals surface area contributed by atoms with Crippen molar-refractivity contribution in [2.45, 2.75) is 12.6 Å². The molecule has 2 unspecified atom stereocenters. The van der Waals surface area contributed by atoms with E-state index in [1.807, 2.05) is 42.5 Å². The average Bonchev–Trinajstić information content (AvgIpc) is 3.48. The highest BCUT2D eigenvalue weighted by Gasteiger charge is 2.25. The highest BCUT2D eigenvalue weighted by atomic mass is 16.3. The molecule has 0 radical (unpaired) electrons. The molecule has 7 aromatic rings. The lowest BCUT2D eigenvalue weighted by molar-refractivity contribution is 0.656. The van der Waals surface area contributed by atoms with E-state index < -0.39 is 0 Å². The third kappa shape index (κ3) is 4.35. The lowest BCUT2D eigenvalue weighted by Crippen LogP contribution is -2.35. The van der Waals surface area contributed by atoms with Gasteiger partial charge in [-0.15, -0.1) is 0 Å². The maximum Gasteiger partial charge on any atom is 0.227 e. The van der Waals surface area contributed by atoms with Gasteiger partial charge in [0.05, 0.1) is 5.52 Å². The van der Waals surface area contributed by atoms with Crippen LogP contribution in [0.2, 0.25) is 0 Å². The van der Waals surface area contributed by atoms with E-state index >= 15 is 0 Å². The van der Waals surface area contributed by atoms with Gasteiger partial charge < -0.3 is 9.73 Å². The summed E-state index contributed by atoms with van der Waals surface area (Å²) in [5.74, 6) is 1.83. The first-order valence-corrected chi connectivity index (χ1v) is 15.3. The number of pyridine rings is 1. The van der Waals surface area contributed by atoms with Gasteiger partial charge in [0.1, 0.15) is 23.4 Å². The minimum absolute atomic E-state index is 0.139. The summed E-state index contributed by atoms with van der Waals surface area (Å²) in [4.78, 5) is 15.1. The Morgan fingerprint density at radius 2 is 1.53 bits per heavy atom. The molecule has 2 aromatic heterocycles. The monoisotopic (exact) mass is 580 g/mol. The SMILES string of the molecule is C1=CCC(C2=NC(c3cccc4c(-c5cccc6oc7nc8ccccc8cc7c56)cccc34)NC(c3ccccc3)=N2)C=C1. The Morgan fingerprint density at radius 3 is 2.44 bits per heavy atom. The molecule has 45 heavy (non-hydrogen) atoms. The van der Waals surface area contributed by atoms with E-state index in [1.54, 1.807) is 0 Å². The second-order valence-corrected chi connectivity index (χ2v) is 11.6. The van der Waals surface area contributed by atoms with Crippen molar-refractivity contribution in [3.05, 3.63) is 151 Å². The largest absolute Gasteiger partial charge is 0.438 e. The molecule has 1 aliphatic carbocycles. The molecule has 5 nitrogen and oxygen atoms in total. The summed E-state index contributed by atoms with van der Waals surface area (Å²) >= 11 is 0. The van der Waals surface area contributed by atoms with Crippen molar-refractivity contribution in [3.63, 3.8) is 0 Å². The van der Waals surface area contributed by atoms with Gasteiger partial charge in [-0.25, -0.2) is 15.0 Å². The van der Waals surface area contributed by atoms with E-state index in [-0.39, 0.29) is 12.1 Å². The number of amidine groups is 2. The van der Waals surface area contributed by atoms with Crippen molar-refractivity contribution in [2.24, 2.45) is 15.9 Å². The maximum atomic E-state index is 6.31. The Labute approximate surface area is 260 Å². The molecule has 0 saturated carbocycles. The van der Waals surface area contributed by atoms with Gasteiger partial charge in [-0.3, -0.25) is 0 Å². The van der Waals surface area contributed by atoms with Crippen molar-refractivity contribution in [2.75, 3.05) is 0 Å². The molecule has 0 saturated heterocycles. The van der Waals surface area contributed by atoms with Gasteiger partial charge >= 0.3 is 0 Å². The van der Waals surface area contributed by atoms with Gasteiger partial charge in [-0.05, 0) is 46.5 Å². The van der Waals surface area contributed by atoms with Crippen molar-refractivity contribution >= 4 is 55.4 Å². The number of nitrogens with zero attached hydrogens (tertiary/aromatic N) is 3. The normalized spacial score (nSPS) is 18.0. The van der Waals surface area contributed by atoms with Crippen LogP contribution < -0.4 is 5.32 Å². The summed E-state index contributed by atoms with van der Waals surface area (Å²) in [6.07, 6.45) is 9.17. The molecular formula is C40H28N4O. The Bertz CT molecular complexity index is 2400. The zero-order valence-electron chi connectivity index (χ0n) is 24.4. The quantitative estimate of drug-likeness (QED) is 0.226. The number of allylic oxidation sites excluding steroid dienone is 3. The molecule has 0 bridgehead atoms. The lowest BCUT2D eigenvalue weighted by Gasteiger charge is -2.27. The first-order valence-electron chi connectivity index (χ1n) is 15.3. The van der Waals surface area contributed by atoms with Gasteiger partial charge in [0, 0.05) is 33.2 Å². The Morgan fingerprint density at radius 1 is 0.711 bits per heavy atom. The number of furan rings is 1.